The molecule has 0 saturated carbocycles. The predicted molar refractivity (Wildman–Crippen MR) is 86.3 cm³/mol. The Hall–Kier alpha value is -1.92. The largest absolute Gasteiger partial charge is 0.376 e. The molecule has 2 N–H and O–H groups in total. The van der Waals surface area contributed by atoms with Crippen molar-refractivity contribution >= 4 is 17.2 Å². The van der Waals surface area contributed by atoms with E-state index >= 15 is 0 Å². The number of H-pyrrole nitrogens is 1. The Balaban J connectivity index is 1.66. The first-order valence-electron chi connectivity index (χ1n) is 7.41. The quantitative estimate of drug-likeness (QED) is 0.909. The van der Waals surface area contributed by atoms with Crippen LogP contribution in [-0.2, 0) is 4.74 Å². The maximum atomic E-state index is 12.1. The van der Waals surface area contributed by atoms with E-state index in [1.165, 1.54) is 0 Å². The molecule has 6 heteroatoms. The lowest BCUT2D eigenvalue weighted by atomic mass is 10.1. The van der Waals surface area contributed by atoms with E-state index in [1.54, 1.807) is 23.5 Å². The molecule has 1 atom stereocenters. The number of carbonyl (C=O) groups excluding carboxylic acids is 1. The van der Waals surface area contributed by atoms with Gasteiger partial charge in [-0.3, -0.25) is 9.59 Å². The van der Waals surface area contributed by atoms with Gasteiger partial charge in [-0.15, -0.1) is 11.3 Å². The summed E-state index contributed by atoms with van der Waals surface area (Å²) in [5.74, 6) is -0.354. The van der Waals surface area contributed by atoms with Gasteiger partial charge >= 0.3 is 0 Å². The maximum absolute atomic E-state index is 12.1. The fraction of sp³-hybridized carbons (Fsp3) is 0.375. The molecule has 1 aliphatic rings. The molecule has 0 radical (unpaired) electrons. The van der Waals surface area contributed by atoms with Gasteiger partial charge in [0.1, 0.15) is 5.56 Å². The Morgan fingerprint density at radius 1 is 1.36 bits per heavy atom. The van der Waals surface area contributed by atoms with Crippen LogP contribution in [0, 0.1) is 0 Å². The summed E-state index contributed by atoms with van der Waals surface area (Å²) in [6.45, 7) is 1.20. The van der Waals surface area contributed by atoms with E-state index in [0.29, 0.717) is 6.54 Å². The highest BCUT2D eigenvalue weighted by atomic mass is 32.1. The number of thiophene rings is 1. The summed E-state index contributed by atoms with van der Waals surface area (Å²) in [5, 5.41) is 4.73. The van der Waals surface area contributed by atoms with E-state index in [4.69, 9.17) is 4.74 Å². The predicted octanol–water partition coefficient (Wildman–Crippen LogP) is 2.40. The molecule has 116 valence electrons. The van der Waals surface area contributed by atoms with Gasteiger partial charge in [0.05, 0.1) is 16.7 Å². The lowest BCUT2D eigenvalue weighted by Gasteiger charge is -2.22. The SMILES string of the molecule is O=C(NC[C@H]1CCCCO1)c1ccc(-c2cccs2)[nH]c1=O. The molecule has 2 aromatic rings. The van der Waals surface area contributed by atoms with Crippen LogP contribution >= 0.6 is 11.3 Å². The van der Waals surface area contributed by atoms with Gasteiger partial charge in [-0.1, -0.05) is 6.07 Å². The number of pyridine rings is 1. The van der Waals surface area contributed by atoms with Gasteiger partial charge in [0.2, 0.25) is 0 Å². The smallest absolute Gasteiger partial charge is 0.261 e. The minimum Gasteiger partial charge on any atom is -0.376 e. The number of nitrogens with one attached hydrogen (secondary N) is 2. The standard InChI is InChI=1S/C16H18N2O3S/c19-15(17-10-11-4-1-2-8-21-11)12-6-7-13(18-16(12)20)14-5-3-9-22-14/h3,5-7,9,11H,1-2,4,8,10H2,(H,17,19)(H,18,20)/t11-/m1/s1. The van der Waals surface area contributed by atoms with E-state index in [2.05, 4.69) is 10.3 Å². The summed E-state index contributed by atoms with van der Waals surface area (Å²) in [6.07, 6.45) is 3.21. The third-order valence-electron chi connectivity index (χ3n) is 3.71. The van der Waals surface area contributed by atoms with Gasteiger partial charge < -0.3 is 15.0 Å². The zero-order chi connectivity index (χ0) is 15.4. The Morgan fingerprint density at radius 2 is 2.27 bits per heavy atom. The molecule has 3 heterocycles. The number of aromatic nitrogens is 1. The van der Waals surface area contributed by atoms with Gasteiger partial charge in [-0.25, -0.2) is 0 Å². The van der Waals surface area contributed by atoms with Crippen LogP contribution in [0.3, 0.4) is 0 Å². The second kappa shape index (κ2) is 6.89. The molecule has 2 aromatic heterocycles. The summed E-state index contributed by atoms with van der Waals surface area (Å²) < 4.78 is 5.56. The van der Waals surface area contributed by atoms with Gasteiger partial charge in [0, 0.05) is 13.2 Å². The maximum Gasteiger partial charge on any atom is 0.261 e. The van der Waals surface area contributed by atoms with Crippen LogP contribution in [0.25, 0.3) is 10.6 Å². The Bertz CT molecular complexity index is 688. The van der Waals surface area contributed by atoms with Crippen LogP contribution in [0.4, 0.5) is 0 Å². The van der Waals surface area contributed by atoms with Crippen LogP contribution in [-0.4, -0.2) is 30.1 Å². The third kappa shape index (κ3) is 3.45. The number of hydrogen-bond donors (Lipinski definition) is 2. The summed E-state index contributed by atoms with van der Waals surface area (Å²) in [4.78, 5) is 27.9. The number of rotatable bonds is 4. The summed E-state index contributed by atoms with van der Waals surface area (Å²) in [7, 11) is 0. The summed E-state index contributed by atoms with van der Waals surface area (Å²) >= 11 is 1.54. The molecule has 5 nitrogen and oxygen atoms in total. The minimum absolute atomic E-state index is 0.0576. The fourth-order valence-corrected chi connectivity index (χ4v) is 3.21. The van der Waals surface area contributed by atoms with Crippen molar-refractivity contribution < 1.29 is 9.53 Å². The van der Waals surface area contributed by atoms with Crippen LogP contribution in [0.2, 0.25) is 0 Å². The number of aromatic amines is 1. The van der Waals surface area contributed by atoms with Gasteiger partial charge in [-0.2, -0.15) is 0 Å². The molecule has 22 heavy (non-hydrogen) atoms. The van der Waals surface area contributed by atoms with Crippen molar-refractivity contribution in [3.05, 3.63) is 45.6 Å². The highest BCUT2D eigenvalue weighted by molar-refractivity contribution is 7.13. The van der Waals surface area contributed by atoms with E-state index in [9.17, 15) is 9.59 Å². The highest BCUT2D eigenvalue weighted by Gasteiger charge is 2.17. The van der Waals surface area contributed by atoms with Crippen LogP contribution in [0.15, 0.2) is 34.4 Å². The summed E-state index contributed by atoms with van der Waals surface area (Å²) in [5.41, 5.74) is 0.497. The van der Waals surface area contributed by atoms with Crippen molar-refractivity contribution in [2.45, 2.75) is 25.4 Å². The van der Waals surface area contributed by atoms with Crippen molar-refractivity contribution in [2.75, 3.05) is 13.2 Å². The first kappa shape index (κ1) is 15.0. The second-order valence-electron chi connectivity index (χ2n) is 5.29. The second-order valence-corrected chi connectivity index (χ2v) is 6.24. The van der Waals surface area contributed by atoms with E-state index in [0.717, 1.165) is 36.4 Å². The van der Waals surface area contributed by atoms with Crippen molar-refractivity contribution in [3.8, 4) is 10.6 Å². The normalized spacial score (nSPS) is 18.1. The van der Waals surface area contributed by atoms with Gasteiger partial charge in [-0.05, 0) is 42.8 Å². The molecule has 1 saturated heterocycles. The van der Waals surface area contributed by atoms with Crippen LogP contribution in [0.1, 0.15) is 29.6 Å². The Kier molecular flexibility index (Phi) is 4.70. The number of amides is 1. The molecule has 0 bridgehead atoms. The highest BCUT2D eigenvalue weighted by Crippen LogP contribution is 2.21. The topological polar surface area (TPSA) is 71.2 Å². The molecule has 0 spiro atoms. The zero-order valence-electron chi connectivity index (χ0n) is 12.1. The zero-order valence-corrected chi connectivity index (χ0v) is 12.9. The van der Waals surface area contributed by atoms with Crippen LogP contribution < -0.4 is 10.9 Å². The van der Waals surface area contributed by atoms with Gasteiger partial charge in [0.25, 0.3) is 11.5 Å². The van der Waals surface area contributed by atoms with Crippen molar-refractivity contribution in [3.63, 3.8) is 0 Å². The minimum atomic E-state index is -0.368. The van der Waals surface area contributed by atoms with E-state index in [1.807, 2.05) is 17.5 Å². The van der Waals surface area contributed by atoms with Crippen molar-refractivity contribution in [1.82, 2.24) is 10.3 Å². The number of hydrogen-bond acceptors (Lipinski definition) is 4. The average Bonchev–Trinajstić information content (AvgIpc) is 3.08. The molecule has 0 aromatic carbocycles. The molecular formula is C16H18N2O3S. The number of ether oxygens (including phenoxy) is 1. The molecule has 0 aliphatic carbocycles. The average molecular weight is 318 g/mol. The Labute approximate surface area is 132 Å². The molecule has 1 amide bonds. The lowest BCUT2D eigenvalue weighted by molar-refractivity contribution is 0.0169. The first-order chi connectivity index (χ1) is 10.7. The monoisotopic (exact) mass is 318 g/mol. The lowest BCUT2D eigenvalue weighted by Crippen LogP contribution is -2.37. The summed E-state index contributed by atoms with van der Waals surface area (Å²) in [6, 6.07) is 7.18. The van der Waals surface area contributed by atoms with Crippen molar-refractivity contribution in [2.24, 2.45) is 0 Å². The molecule has 1 aliphatic heterocycles. The molecule has 1 fully saturated rings. The number of carbonyl (C=O) groups is 1. The van der Waals surface area contributed by atoms with Crippen molar-refractivity contribution in [1.29, 1.82) is 0 Å². The molecule has 0 unspecified atom stereocenters. The van der Waals surface area contributed by atoms with E-state index < -0.39 is 0 Å². The molecule has 3 rings (SSSR count). The third-order valence-corrected chi connectivity index (χ3v) is 4.61. The van der Waals surface area contributed by atoms with E-state index in [-0.39, 0.29) is 23.1 Å². The first-order valence-corrected chi connectivity index (χ1v) is 8.29. The van der Waals surface area contributed by atoms with Crippen LogP contribution in [0.5, 0.6) is 0 Å². The van der Waals surface area contributed by atoms with Gasteiger partial charge in [0.15, 0.2) is 0 Å². The Morgan fingerprint density at radius 3 is 2.95 bits per heavy atom. The molecular weight excluding hydrogens is 300 g/mol. The fourth-order valence-electron chi connectivity index (χ4n) is 2.50.